The first kappa shape index (κ1) is 16.8. The van der Waals surface area contributed by atoms with Crippen LogP contribution in [0.4, 0.5) is 18.9 Å². The lowest BCUT2D eigenvalue weighted by Crippen LogP contribution is -2.40. The van der Waals surface area contributed by atoms with E-state index in [9.17, 15) is 13.2 Å². The average molecular weight is 289 g/mol. The average Bonchev–Trinajstić information content (AvgIpc) is 2.34. The number of halogens is 3. The summed E-state index contributed by atoms with van der Waals surface area (Å²) in [6, 6.07) is 3.90. The highest BCUT2D eigenvalue weighted by molar-refractivity contribution is 5.56. The van der Waals surface area contributed by atoms with Gasteiger partial charge in [0.05, 0.1) is 12.2 Å². The van der Waals surface area contributed by atoms with Gasteiger partial charge in [-0.25, -0.2) is 0 Å². The van der Waals surface area contributed by atoms with Gasteiger partial charge in [0.1, 0.15) is 0 Å². The van der Waals surface area contributed by atoms with Gasteiger partial charge in [0, 0.05) is 18.8 Å². The van der Waals surface area contributed by atoms with Gasteiger partial charge in [0.15, 0.2) is 0 Å². The predicted octanol–water partition coefficient (Wildman–Crippen LogP) is 4.07. The van der Waals surface area contributed by atoms with Crippen molar-refractivity contribution in [3.8, 4) is 0 Å². The third kappa shape index (κ3) is 3.66. The predicted molar refractivity (Wildman–Crippen MR) is 74.7 cm³/mol. The van der Waals surface area contributed by atoms with Crippen molar-refractivity contribution in [2.24, 2.45) is 5.41 Å². The Morgan fingerprint density at radius 2 is 1.75 bits per heavy atom. The van der Waals surface area contributed by atoms with Crippen LogP contribution >= 0.6 is 0 Å². The Morgan fingerprint density at radius 3 is 2.15 bits per heavy atom. The minimum atomic E-state index is -4.44. The lowest BCUT2D eigenvalue weighted by Gasteiger charge is -2.38. The Morgan fingerprint density at radius 1 is 1.20 bits per heavy atom. The largest absolute Gasteiger partial charge is 0.418 e. The van der Waals surface area contributed by atoms with Crippen LogP contribution in [-0.4, -0.2) is 18.2 Å². The molecule has 1 N–H and O–H groups in total. The van der Waals surface area contributed by atoms with Crippen LogP contribution < -0.4 is 4.90 Å². The van der Waals surface area contributed by atoms with Crippen LogP contribution in [0.1, 0.15) is 38.8 Å². The van der Waals surface area contributed by atoms with E-state index < -0.39 is 18.3 Å². The summed E-state index contributed by atoms with van der Waals surface area (Å²) in [7, 11) is 1.67. The molecule has 0 radical (unpaired) electrons. The highest BCUT2D eigenvalue weighted by Gasteiger charge is 2.36. The maximum atomic E-state index is 13.2. The molecule has 0 aliphatic rings. The first-order valence-electron chi connectivity index (χ1n) is 6.52. The molecule has 0 spiro atoms. The van der Waals surface area contributed by atoms with E-state index in [4.69, 9.17) is 5.11 Å². The standard InChI is InChI=1S/C15H22F3NO/c1-10(14(2,3)4)19(5)13-7-6-11(9-20)8-12(13)15(16,17)18/h6-8,10,20H,9H2,1-5H3. The van der Waals surface area contributed by atoms with Crippen LogP contribution in [0.5, 0.6) is 0 Å². The number of nitrogens with zero attached hydrogens (tertiary/aromatic N) is 1. The van der Waals surface area contributed by atoms with E-state index >= 15 is 0 Å². The zero-order chi connectivity index (χ0) is 15.7. The first-order chi connectivity index (χ1) is 8.98. The first-order valence-corrected chi connectivity index (χ1v) is 6.52. The number of hydrogen-bond donors (Lipinski definition) is 1. The highest BCUT2D eigenvalue weighted by Crippen LogP contribution is 2.39. The van der Waals surface area contributed by atoms with Crippen LogP contribution in [0.3, 0.4) is 0 Å². The molecule has 0 bridgehead atoms. The normalized spacial score (nSPS) is 14.2. The molecule has 1 aromatic carbocycles. The number of benzene rings is 1. The molecule has 5 heteroatoms. The van der Waals surface area contributed by atoms with Crippen molar-refractivity contribution in [1.82, 2.24) is 0 Å². The Hall–Kier alpha value is -1.23. The molecule has 1 atom stereocenters. The second-order valence-electron chi connectivity index (χ2n) is 6.16. The van der Waals surface area contributed by atoms with Gasteiger partial charge in [-0.15, -0.1) is 0 Å². The molecule has 1 aromatic rings. The number of rotatable bonds is 3. The second-order valence-corrected chi connectivity index (χ2v) is 6.16. The van der Waals surface area contributed by atoms with Crippen molar-refractivity contribution in [2.75, 3.05) is 11.9 Å². The number of hydrogen-bond acceptors (Lipinski definition) is 2. The van der Waals surface area contributed by atoms with Gasteiger partial charge < -0.3 is 10.0 Å². The molecule has 0 fully saturated rings. The van der Waals surface area contributed by atoms with Gasteiger partial charge in [0.25, 0.3) is 0 Å². The SMILES string of the molecule is CC(N(C)c1ccc(CO)cc1C(F)(F)F)C(C)(C)C. The maximum Gasteiger partial charge on any atom is 0.418 e. The second kappa shape index (κ2) is 5.64. The Bertz CT molecular complexity index is 463. The molecule has 0 aromatic heterocycles. The summed E-state index contributed by atoms with van der Waals surface area (Å²) in [6.45, 7) is 7.47. The smallest absolute Gasteiger partial charge is 0.392 e. The quantitative estimate of drug-likeness (QED) is 0.906. The van der Waals surface area contributed by atoms with E-state index in [2.05, 4.69) is 0 Å². The third-order valence-electron chi connectivity index (χ3n) is 3.76. The van der Waals surface area contributed by atoms with Gasteiger partial charge >= 0.3 is 6.18 Å². The number of alkyl halides is 3. The Balaban J connectivity index is 3.31. The van der Waals surface area contributed by atoms with Crippen molar-refractivity contribution in [3.63, 3.8) is 0 Å². The number of anilines is 1. The van der Waals surface area contributed by atoms with Crippen LogP contribution in [0.25, 0.3) is 0 Å². The molecular weight excluding hydrogens is 267 g/mol. The van der Waals surface area contributed by atoms with Gasteiger partial charge in [-0.3, -0.25) is 0 Å². The Labute approximate surface area is 118 Å². The zero-order valence-electron chi connectivity index (χ0n) is 12.5. The minimum absolute atomic E-state index is 0.0661. The monoisotopic (exact) mass is 289 g/mol. The van der Waals surface area contributed by atoms with E-state index in [1.165, 1.54) is 12.1 Å². The summed E-state index contributed by atoms with van der Waals surface area (Å²) in [4.78, 5) is 1.64. The fourth-order valence-corrected chi connectivity index (χ4v) is 2.01. The van der Waals surface area contributed by atoms with E-state index in [-0.39, 0.29) is 22.7 Å². The molecule has 0 saturated carbocycles. The van der Waals surface area contributed by atoms with Crippen LogP contribution in [0.2, 0.25) is 0 Å². The molecule has 0 heterocycles. The summed E-state index contributed by atoms with van der Waals surface area (Å²) in [5, 5.41) is 9.01. The maximum absolute atomic E-state index is 13.2. The number of aliphatic hydroxyl groups is 1. The molecule has 0 aliphatic carbocycles. The molecule has 1 unspecified atom stereocenters. The molecule has 0 amide bonds. The van der Waals surface area contributed by atoms with E-state index in [0.717, 1.165) is 6.07 Å². The van der Waals surface area contributed by atoms with Gasteiger partial charge in [-0.05, 0) is 30.0 Å². The topological polar surface area (TPSA) is 23.5 Å². The summed E-state index contributed by atoms with van der Waals surface area (Å²) >= 11 is 0. The third-order valence-corrected chi connectivity index (χ3v) is 3.76. The molecule has 20 heavy (non-hydrogen) atoms. The molecule has 114 valence electrons. The lowest BCUT2D eigenvalue weighted by atomic mass is 9.86. The van der Waals surface area contributed by atoms with Crippen molar-refractivity contribution < 1.29 is 18.3 Å². The fourth-order valence-electron chi connectivity index (χ4n) is 2.01. The van der Waals surface area contributed by atoms with Gasteiger partial charge in [0.2, 0.25) is 0 Å². The van der Waals surface area contributed by atoms with Crippen molar-refractivity contribution in [2.45, 2.75) is 46.5 Å². The van der Waals surface area contributed by atoms with Crippen LogP contribution in [0.15, 0.2) is 18.2 Å². The fraction of sp³-hybridized carbons (Fsp3) is 0.600. The number of aliphatic hydroxyl groups excluding tert-OH is 1. The molecule has 2 nitrogen and oxygen atoms in total. The van der Waals surface area contributed by atoms with E-state index in [1.54, 1.807) is 11.9 Å². The lowest BCUT2D eigenvalue weighted by molar-refractivity contribution is -0.137. The molecule has 1 rings (SSSR count). The molecule has 0 saturated heterocycles. The van der Waals surface area contributed by atoms with Crippen molar-refractivity contribution in [3.05, 3.63) is 29.3 Å². The minimum Gasteiger partial charge on any atom is -0.392 e. The summed E-state index contributed by atoms with van der Waals surface area (Å²) in [6.07, 6.45) is -4.44. The van der Waals surface area contributed by atoms with E-state index in [0.29, 0.717) is 0 Å². The molecule has 0 aliphatic heterocycles. The molecular formula is C15H22F3NO. The summed E-state index contributed by atoms with van der Waals surface area (Å²) in [5.41, 5.74) is -0.453. The summed E-state index contributed by atoms with van der Waals surface area (Å²) < 4.78 is 39.5. The van der Waals surface area contributed by atoms with Gasteiger partial charge in [-0.1, -0.05) is 26.8 Å². The van der Waals surface area contributed by atoms with Crippen LogP contribution in [-0.2, 0) is 12.8 Å². The highest BCUT2D eigenvalue weighted by atomic mass is 19.4. The van der Waals surface area contributed by atoms with Crippen molar-refractivity contribution >= 4 is 5.69 Å². The van der Waals surface area contributed by atoms with Crippen LogP contribution in [0, 0.1) is 5.41 Å². The summed E-state index contributed by atoms with van der Waals surface area (Å²) in [5.74, 6) is 0. The van der Waals surface area contributed by atoms with E-state index in [1.807, 2.05) is 27.7 Å². The van der Waals surface area contributed by atoms with Gasteiger partial charge in [-0.2, -0.15) is 13.2 Å². The Kier molecular flexibility index (Phi) is 4.74. The zero-order valence-corrected chi connectivity index (χ0v) is 12.5. The van der Waals surface area contributed by atoms with Crippen molar-refractivity contribution in [1.29, 1.82) is 0 Å².